The summed E-state index contributed by atoms with van der Waals surface area (Å²) >= 11 is 0. The van der Waals surface area contributed by atoms with Crippen LogP contribution in [0.15, 0.2) is 72.8 Å². The highest BCUT2D eigenvalue weighted by Gasteiger charge is 2.04. The number of aliphatic carboxylic acids is 1. The molecule has 0 saturated heterocycles. The third kappa shape index (κ3) is 5.45. The lowest BCUT2D eigenvalue weighted by molar-refractivity contribution is -0.136. The van der Waals surface area contributed by atoms with Crippen molar-refractivity contribution in [1.82, 2.24) is 0 Å². The van der Waals surface area contributed by atoms with Gasteiger partial charge in [0.25, 0.3) is 0 Å². The van der Waals surface area contributed by atoms with Gasteiger partial charge >= 0.3 is 5.97 Å². The molecule has 3 aromatic rings. The zero-order valence-electron chi connectivity index (χ0n) is 15.5. The smallest absolute Gasteiger partial charge is 0.307 e. The Labute approximate surface area is 163 Å². The van der Waals surface area contributed by atoms with Gasteiger partial charge in [-0.25, -0.2) is 0 Å². The van der Waals surface area contributed by atoms with Crippen LogP contribution in [0.5, 0.6) is 5.75 Å². The molecular weight excluding hydrogens is 354 g/mol. The normalized spacial score (nSPS) is 10.3. The molecular formula is C23H21NO4. The first-order chi connectivity index (χ1) is 13.5. The van der Waals surface area contributed by atoms with E-state index in [1.54, 1.807) is 6.07 Å². The summed E-state index contributed by atoms with van der Waals surface area (Å²) in [4.78, 5) is 22.0. The predicted octanol–water partition coefficient (Wildman–Crippen LogP) is 4.52. The summed E-state index contributed by atoms with van der Waals surface area (Å²) < 4.78 is 5.81. The lowest BCUT2D eigenvalue weighted by Crippen LogP contribution is -2.05. The molecule has 3 rings (SSSR count). The van der Waals surface area contributed by atoms with Crippen molar-refractivity contribution in [2.24, 2.45) is 0 Å². The van der Waals surface area contributed by atoms with Gasteiger partial charge in [-0.05, 0) is 46.5 Å². The molecule has 142 valence electrons. The summed E-state index contributed by atoms with van der Waals surface area (Å²) in [6.45, 7) is 1.85. The van der Waals surface area contributed by atoms with Crippen LogP contribution in [-0.4, -0.2) is 17.0 Å². The molecule has 0 radical (unpaired) electrons. The topological polar surface area (TPSA) is 75.6 Å². The van der Waals surface area contributed by atoms with Crippen molar-refractivity contribution in [1.29, 1.82) is 0 Å². The Kier molecular flexibility index (Phi) is 6.07. The number of carboxylic acid groups (broad SMARTS) is 1. The monoisotopic (exact) mass is 375 g/mol. The maximum Gasteiger partial charge on any atom is 0.307 e. The van der Waals surface area contributed by atoms with Gasteiger partial charge in [-0.1, -0.05) is 48.5 Å². The van der Waals surface area contributed by atoms with E-state index >= 15 is 0 Å². The molecule has 0 unspecified atom stereocenters. The fourth-order valence-corrected chi connectivity index (χ4v) is 2.89. The Bertz CT molecular complexity index is 980. The van der Waals surface area contributed by atoms with Crippen molar-refractivity contribution in [3.8, 4) is 16.9 Å². The second-order valence-electron chi connectivity index (χ2n) is 6.47. The van der Waals surface area contributed by atoms with Crippen molar-refractivity contribution < 1.29 is 19.4 Å². The van der Waals surface area contributed by atoms with Crippen LogP contribution in [0.2, 0.25) is 0 Å². The van der Waals surface area contributed by atoms with Crippen LogP contribution in [0, 0.1) is 0 Å². The highest BCUT2D eigenvalue weighted by molar-refractivity contribution is 5.89. The number of ether oxygens (including phenoxy) is 1. The van der Waals surface area contributed by atoms with Gasteiger partial charge in [-0.3, -0.25) is 9.59 Å². The van der Waals surface area contributed by atoms with Gasteiger partial charge in [0.05, 0.1) is 6.42 Å². The molecule has 5 heteroatoms. The molecule has 2 N–H and O–H groups in total. The molecule has 0 heterocycles. The summed E-state index contributed by atoms with van der Waals surface area (Å²) in [5.74, 6) is -0.227. The fraction of sp³-hybridized carbons (Fsp3) is 0.130. The molecule has 28 heavy (non-hydrogen) atoms. The predicted molar refractivity (Wildman–Crippen MR) is 108 cm³/mol. The first-order valence-electron chi connectivity index (χ1n) is 8.90. The SMILES string of the molecule is CC(=O)Nc1cccc(-c2ccc(OCc3cccc(CC(=O)O)c3)cc2)c1. The number of nitrogens with one attached hydrogen (secondary N) is 1. The van der Waals surface area contributed by atoms with Gasteiger partial charge in [0.15, 0.2) is 0 Å². The van der Waals surface area contributed by atoms with E-state index in [1.807, 2.05) is 66.7 Å². The Hall–Kier alpha value is -3.60. The minimum Gasteiger partial charge on any atom is -0.489 e. The van der Waals surface area contributed by atoms with Crippen LogP contribution in [0.3, 0.4) is 0 Å². The van der Waals surface area contributed by atoms with E-state index in [1.165, 1.54) is 6.92 Å². The van der Waals surface area contributed by atoms with Gasteiger partial charge in [0.1, 0.15) is 12.4 Å². The highest BCUT2D eigenvalue weighted by Crippen LogP contribution is 2.25. The van der Waals surface area contributed by atoms with Gasteiger partial charge < -0.3 is 15.2 Å². The second kappa shape index (κ2) is 8.86. The van der Waals surface area contributed by atoms with Crippen LogP contribution in [0.4, 0.5) is 5.69 Å². The van der Waals surface area contributed by atoms with E-state index < -0.39 is 5.97 Å². The lowest BCUT2D eigenvalue weighted by atomic mass is 10.0. The number of rotatable bonds is 7. The fourth-order valence-electron chi connectivity index (χ4n) is 2.89. The van der Waals surface area contributed by atoms with Crippen LogP contribution < -0.4 is 10.1 Å². The Morgan fingerprint density at radius 2 is 1.61 bits per heavy atom. The maximum atomic E-state index is 11.2. The van der Waals surface area contributed by atoms with Crippen LogP contribution in [0.1, 0.15) is 18.1 Å². The number of carboxylic acids is 1. The first-order valence-corrected chi connectivity index (χ1v) is 8.90. The van der Waals surface area contributed by atoms with E-state index in [0.29, 0.717) is 6.61 Å². The van der Waals surface area contributed by atoms with Gasteiger partial charge in [-0.15, -0.1) is 0 Å². The number of anilines is 1. The molecule has 1 amide bonds. The van der Waals surface area contributed by atoms with Gasteiger partial charge in [0.2, 0.25) is 5.91 Å². The van der Waals surface area contributed by atoms with E-state index in [2.05, 4.69) is 5.32 Å². The molecule has 0 aromatic heterocycles. The Morgan fingerprint density at radius 1 is 0.893 bits per heavy atom. The Morgan fingerprint density at radius 3 is 2.32 bits per heavy atom. The van der Waals surface area contributed by atoms with Crippen molar-refractivity contribution in [2.75, 3.05) is 5.32 Å². The number of carbonyl (C=O) groups is 2. The van der Waals surface area contributed by atoms with Gasteiger partial charge in [-0.2, -0.15) is 0 Å². The van der Waals surface area contributed by atoms with E-state index in [9.17, 15) is 9.59 Å². The van der Waals surface area contributed by atoms with Crippen LogP contribution in [-0.2, 0) is 22.6 Å². The molecule has 0 aliphatic heterocycles. The number of amides is 1. The zero-order valence-corrected chi connectivity index (χ0v) is 15.5. The van der Waals surface area contributed by atoms with E-state index in [-0.39, 0.29) is 12.3 Å². The van der Waals surface area contributed by atoms with Crippen molar-refractivity contribution >= 4 is 17.6 Å². The number of carbonyl (C=O) groups excluding carboxylic acids is 1. The number of benzene rings is 3. The molecule has 0 spiro atoms. The minimum atomic E-state index is -0.851. The third-order valence-corrected chi connectivity index (χ3v) is 4.12. The molecule has 0 saturated carbocycles. The molecule has 0 fully saturated rings. The molecule has 0 bridgehead atoms. The summed E-state index contributed by atoms with van der Waals surface area (Å²) in [5, 5.41) is 11.7. The van der Waals surface area contributed by atoms with E-state index in [4.69, 9.17) is 9.84 Å². The molecule has 5 nitrogen and oxygen atoms in total. The van der Waals surface area contributed by atoms with Gasteiger partial charge in [0, 0.05) is 12.6 Å². The maximum absolute atomic E-state index is 11.2. The zero-order chi connectivity index (χ0) is 19.9. The quantitative estimate of drug-likeness (QED) is 0.637. The second-order valence-corrected chi connectivity index (χ2v) is 6.47. The van der Waals surface area contributed by atoms with Crippen molar-refractivity contribution in [3.05, 3.63) is 83.9 Å². The summed E-state index contributed by atoms with van der Waals surface area (Å²) in [6.07, 6.45) is 0.0000856. The first kappa shape index (κ1) is 19.2. The van der Waals surface area contributed by atoms with Crippen molar-refractivity contribution in [2.45, 2.75) is 20.0 Å². The summed E-state index contributed by atoms with van der Waals surface area (Å²) in [5.41, 5.74) is 4.45. The van der Waals surface area contributed by atoms with Crippen LogP contribution in [0.25, 0.3) is 11.1 Å². The average Bonchev–Trinajstić information content (AvgIpc) is 2.66. The molecule has 0 atom stereocenters. The molecule has 3 aromatic carbocycles. The molecule has 0 aliphatic carbocycles. The third-order valence-electron chi connectivity index (χ3n) is 4.12. The summed E-state index contributed by atoms with van der Waals surface area (Å²) in [7, 11) is 0. The molecule has 0 aliphatic rings. The Balaban J connectivity index is 1.65. The van der Waals surface area contributed by atoms with E-state index in [0.717, 1.165) is 33.7 Å². The number of hydrogen-bond donors (Lipinski definition) is 2. The highest BCUT2D eigenvalue weighted by atomic mass is 16.5. The van der Waals surface area contributed by atoms with Crippen LogP contribution >= 0.6 is 0 Å². The average molecular weight is 375 g/mol. The lowest BCUT2D eigenvalue weighted by Gasteiger charge is -2.09. The minimum absolute atomic E-state index is 0.0000856. The summed E-state index contributed by atoms with van der Waals surface area (Å²) in [6, 6.07) is 22.7. The number of hydrogen-bond acceptors (Lipinski definition) is 3. The largest absolute Gasteiger partial charge is 0.489 e. The standard InChI is InChI=1S/C23H21NO4/c1-16(25)24-21-7-3-6-20(14-21)19-8-10-22(11-9-19)28-15-18-5-2-4-17(12-18)13-23(26)27/h2-12,14H,13,15H2,1H3,(H,24,25)(H,26,27). The van der Waals surface area contributed by atoms with Crippen molar-refractivity contribution in [3.63, 3.8) is 0 Å².